The lowest BCUT2D eigenvalue weighted by Gasteiger charge is -2.00. The van der Waals surface area contributed by atoms with Crippen molar-refractivity contribution >= 4 is 5.78 Å². The van der Waals surface area contributed by atoms with Crippen LogP contribution in [0.15, 0.2) is 30.3 Å². The number of rotatable bonds is 7. The number of benzene rings is 1. The summed E-state index contributed by atoms with van der Waals surface area (Å²) in [6, 6.07) is 9.46. The van der Waals surface area contributed by atoms with Gasteiger partial charge in [-0.15, -0.1) is 0 Å². The molecule has 0 aliphatic rings. The highest BCUT2D eigenvalue weighted by atomic mass is 16.1. The molecule has 0 amide bonds. The zero-order chi connectivity index (χ0) is 10.9. The summed E-state index contributed by atoms with van der Waals surface area (Å²) < 4.78 is 0. The smallest absolute Gasteiger partial charge is 0.166 e. The Kier molecular flexibility index (Phi) is 5.76. The largest absolute Gasteiger partial charge is 0.294 e. The molecule has 0 atom stereocenters. The van der Waals surface area contributed by atoms with E-state index in [0.29, 0.717) is 0 Å². The van der Waals surface area contributed by atoms with E-state index in [9.17, 15) is 4.79 Å². The molecule has 0 aliphatic heterocycles. The summed E-state index contributed by atoms with van der Waals surface area (Å²) in [6.07, 6.45) is 7.60. The summed E-state index contributed by atoms with van der Waals surface area (Å²) in [4.78, 5) is 11.6. The fourth-order valence-corrected chi connectivity index (χ4v) is 1.52. The molecule has 0 unspecified atom stereocenters. The fourth-order valence-electron chi connectivity index (χ4n) is 1.52. The van der Waals surface area contributed by atoms with Crippen LogP contribution in [-0.2, 0) is 0 Å². The van der Waals surface area contributed by atoms with Gasteiger partial charge < -0.3 is 0 Å². The van der Waals surface area contributed by atoms with E-state index in [0.717, 1.165) is 18.4 Å². The topological polar surface area (TPSA) is 17.1 Å². The summed E-state index contributed by atoms with van der Waals surface area (Å²) in [5, 5.41) is 0. The Balaban J connectivity index is 2.20. The molecule has 0 saturated heterocycles. The molecule has 1 aromatic rings. The molecule has 0 spiro atoms. The third-order valence-electron chi connectivity index (χ3n) is 2.45. The van der Waals surface area contributed by atoms with Gasteiger partial charge in [0, 0.05) is 12.0 Å². The van der Waals surface area contributed by atoms with Crippen molar-refractivity contribution in [1.29, 1.82) is 0 Å². The molecule has 0 aliphatic carbocycles. The first kappa shape index (κ1) is 12.0. The van der Waals surface area contributed by atoms with E-state index < -0.39 is 0 Å². The van der Waals surface area contributed by atoms with Crippen molar-refractivity contribution in [3.05, 3.63) is 42.3 Å². The van der Waals surface area contributed by atoms with Crippen molar-refractivity contribution in [3.63, 3.8) is 0 Å². The number of carbonyl (C=O) groups is 1. The minimum absolute atomic E-state index is 0.159. The Morgan fingerprint density at radius 2 is 1.87 bits per heavy atom. The van der Waals surface area contributed by atoms with Gasteiger partial charge in [-0.2, -0.15) is 0 Å². The second-order valence-corrected chi connectivity index (χ2v) is 3.78. The first-order chi connectivity index (χ1) is 7.34. The van der Waals surface area contributed by atoms with Crippen LogP contribution in [0.2, 0.25) is 0 Å². The van der Waals surface area contributed by atoms with Crippen LogP contribution in [0.5, 0.6) is 0 Å². The monoisotopic (exact) mass is 203 g/mol. The third-order valence-corrected chi connectivity index (χ3v) is 2.45. The third kappa shape index (κ3) is 4.78. The van der Waals surface area contributed by atoms with Crippen LogP contribution in [0.4, 0.5) is 0 Å². The number of hydrogen-bond donors (Lipinski definition) is 0. The van der Waals surface area contributed by atoms with E-state index in [1.807, 2.05) is 36.8 Å². The van der Waals surface area contributed by atoms with E-state index in [4.69, 9.17) is 0 Å². The summed E-state index contributed by atoms with van der Waals surface area (Å²) >= 11 is 0. The lowest BCUT2D eigenvalue weighted by atomic mass is 10.0. The molecule has 0 heterocycles. The number of unbranched alkanes of at least 4 members (excludes halogenated alkanes) is 4. The highest BCUT2D eigenvalue weighted by Crippen LogP contribution is 2.08. The molecule has 0 fully saturated rings. The predicted molar refractivity (Wildman–Crippen MR) is 63.8 cm³/mol. The quantitative estimate of drug-likeness (QED) is 0.482. The SMILES string of the molecule is CCCCCC[CH]C(=O)c1ccccc1. The summed E-state index contributed by atoms with van der Waals surface area (Å²) in [6.45, 7) is 2.19. The lowest BCUT2D eigenvalue weighted by molar-refractivity contribution is 0.102. The van der Waals surface area contributed by atoms with Gasteiger partial charge in [-0.25, -0.2) is 0 Å². The molecule has 1 aromatic carbocycles. The van der Waals surface area contributed by atoms with Gasteiger partial charge in [0.1, 0.15) is 0 Å². The fraction of sp³-hybridized carbons (Fsp3) is 0.429. The molecular formula is C14H19O. The summed E-state index contributed by atoms with van der Waals surface area (Å²) in [5.74, 6) is 0.159. The van der Waals surface area contributed by atoms with Gasteiger partial charge in [-0.05, 0) is 6.42 Å². The standard InChI is InChI=1S/C14H19O/c1-2-3-4-5-9-12-14(15)13-10-7-6-8-11-13/h6-8,10-12H,2-5,9H2,1H3. The first-order valence-corrected chi connectivity index (χ1v) is 5.77. The predicted octanol–water partition coefficient (Wildman–Crippen LogP) is 4.04. The van der Waals surface area contributed by atoms with Crippen molar-refractivity contribution in [2.45, 2.75) is 39.0 Å². The highest BCUT2D eigenvalue weighted by Gasteiger charge is 2.03. The average Bonchev–Trinajstić information content (AvgIpc) is 2.30. The maximum atomic E-state index is 11.6. The van der Waals surface area contributed by atoms with Crippen molar-refractivity contribution in [1.82, 2.24) is 0 Å². The van der Waals surface area contributed by atoms with Crippen LogP contribution in [0.25, 0.3) is 0 Å². The Morgan fingerprint density at radius 1 is 1.13 bits per heavy atom. The van der Waals surface area contributed by atoms with E-state index in [2.05, 4.69) is 6.92 Å². The number of Topliss-reactive ketones (excluding diaryl/α,β-unsaturated/α-hetero) is 1. The molecule has 1 heteroatoms. The molecule has 0 N–H and O–H groups in total. The minimum atomic E-state index is 0.159. The molecule has 1 radical (unpaired) electrons. The highest BCUT2D eigenvalue weighted by molar-refractivity contribution is 6.02. The van der Waals surface area contributed by atoms with Crippen LogP contribution in [0.1, 0.15) is 49.4 Å². The van der Waals surface area contributed by atoms with E-state index in [1.54, 1.807) is 0 Å². The van der Waals surface area contributed by atoms with Crippen molar-refractivity contribution in [2.24, 2.45) is 0 Å². The molecule has 0 aromatic heterocycles. The van der Waals surface area contributed by atoms with Crippen LogP contribution in [-0.4, -0.2) is 5.78 Å². The van der Waals surface area contributed by atoms with Crippen LogP contribution in [0.3, 0.4) is 0 Å². The Hall–Kier alpha value is -1.11. The first-order valence-electron chi connectivity index (χ1n) is 5.77. The molecule has 81 valence electrons. The normalized spacial score (nSPS) is 10.2. The van der Waals surface area contributed by atoms with Gasteiger partial charge in [-0.1, -0.05) is 62.9 Å². The zero-order valence-electron chi connectivity index (χ0n) is 9.41. The van der Waals surface area contributed by atoms with Gasteiger partial charge >= 0.3 is 0 Å². The average molecular weight is 203 g/mol. The van der Waals surface area contributed by atoms with Gasteiger partial charge in [0.05, 0.1) is 0 Å². The molecule has 1 nitrogen and oxygen atoms in total. The van der Waals surface area contributed by atoms with Crippen molar-refractivity contribution in [2.75, 3.05) is 0 Å². The molecule has 0 saturated carbocycles. The molecule has 1 rings (SSSR count). The Labute approximate surface area is 92.5 Å². The van der Waals surface area contributed by atoms with Gasteiger partial charge in [0.15, 0.2) is 5.78 Å². The molecular weight excluding hydrogens is 184 g/mol. The van der Waals surface area contributed by atoms with Crippen LogP contribution >= 0.6 is 0 Å². The number of ketones is 1. The second kappa shape index (κ2) is 7.22. The maximum Gasteiger partial charge on any atom is 0.166 e. The van der Waals surface area contributed by atoms with Crippen LogP contribution in [0, 0.1) is 6.42 Å². The molecule has 0 bridgehead atoms. The molecule has 15 heavy (non-hydrogen) atoms. The summed E-state index contributed by atoms with van der Waals surface area (Å²) in [5.41, 5.74) is 0.799. The number of hydrogen-bond acceptors (Lipinski definition) is 1. The maximum absolute atomic E-state index is 11.6. The van der Waals surface area contributed by atoms with E-state index >= 15 is 0 Å². The van der Waals surface area contributed by atoms with Gasteiger partial charge in [0.25, 0.3) is 0 Å². The minimum Gasteiger partial charge on any atom is -0.294 e. The summed E-state index contributed by atoms with van der Waals surface area (Å²) in [7, 11) is 0. The van der Waals surface area contributed by atoms with Crippen molar-refractivity contribution < 1.29 is 4.79 Å². The Bertz CT molecular complexity index is 277. The van der Waals surface area contributed by atoms with Crippen LogP contribution < -0.4 is 0 Å². The van der Waals surface area contributed by atoms with Crippen molar-refractivity contribution in [3.8, 4) is 0 Å². The Morgan fingerprint density at radius 3 is 2.53 bits per heavy atom. The number of carbonyl (C=O) groups excluding carboxylic acids is 1. The van der Waals surface area contributed by atoms with Gasteiger partial charge in [-0.3, -0.25) is 4.79 Å². The van der Waals surface area contributed by atoms with Gasteiger partial charge in [0.2, 0.25) is 0 Å². The lowest BCUT2D eigenvalue weighted by Crippen LogP contribution is -1.99. The van der Waals surface area contributed by atoms with E-state index in [-0.39, 0.29) is 5.78 Å². The second-order valence-electron chi connectivity index (χ2n) is 3.78. The zero-order valence-corrected chi connectivity index (χ0v) is 9.41. The van der Waals surface area contributed by atoms with E-state index in [1.165, 1.54) is 19.3 Å².